The summed E-state index contributed by atoms with van der Waals surface area (Å²) in [6.45, 7) is 11.5. The summed E-state index contributed by atoms with van der Waals surface area (Å²) in [6, 6.07) is 7.31. The van der Waals surface area contributed by atoms with Crippen molar-refractivity contribution >= 4 is 5.69 Å². The van der Waals surface area contributed by atoms with Gasteiger partial charge in [-0.2, -0.15) is 0 Å². The average molecular weight is 266 g/mol. The quantitative estimate of drug-likeness (QED) is 0.772. The molecule has 2 unspecified atom stereocenters. The van der Waals surface area contributed by atoms with Crippen LogP contribution in [0, 0.1) is 11.7 Å². The molecule has 0 amide bonds. The van der Waals surface area contributed by atoms with Gasteiger partial charge < -0.3 is 10.2 Å². The van der Waals surface area contributed by atoms with Gasteiger partial charge in [-0.15, -0.1) is 0 Å². The maximum absolute atomic E-state index is 13.3. The number of likely N-dealkylation sites (N-methyl/N-ethyl adjacent to an activating group) is 2. The number of nitrogens with zero attached hydrogens (tertiary/aromatic N) is 1. The van der Waals surface area contributed by atoms with Crippen molar-refractivity contribution < 1.29 is 4.39 Å². The summed E-state index contributed by atoms with van der Waals surface area (Å²) in [5.74, 6) is 0.446. The van der Waals surface area contributed by atoms with Crippen molar-refractivity contribution in [1.29, 1.82) is 0 Å². The number of anilines is 1. The minimum atomic E-state index is -0.167. The molecule has 0 saturated carbocycles. The van der Waals surface area contributed by atoms with Gasteiger partial charge in [0.1, 0.15) is 5.82 Å². The van der Waals surface area contributed by atoms with E-state index in [0.29, 0.717) is 12.0 Å². The van der Waals surface area contributed by atoms with Crippen LogP contribution in [-0.2, 0) is 0 Å². The molecule has 1 aromatic rings. The van der Waals surface area contributed by atoms with E-state index in [9.17, 15) is 4.39 Å². The lowest BCUT2D eigenvalue weighted by Gasteiger charge is -2.32. The second-order valence-electron chi connectivity index (χ2n) is 5.07. The van der Waals surface area contributed by atoms with E-state index >= 15 is 0 Å². The summed E-state index contributed by atoms with van der Waals surface area (Å²) in [7, 11) is 0. The van der Waals surface area contributed by atoms with E-state index in [1.807, 2.05) is 6.07 Å². The SMILES string of the molecule is CCNC(CN(CC)c1cccc(F)c1)C(C)CC. The fourth-order valence-corrected chi connectivity index (χ4v) is 2.32. The van der Waals surface area contributed by atoms with Crippen molar-refractivity contribution in [2.75, 3.05) is 24.5 Å². The van der Waals surface area contributed by atoms with Gasteiger partial charge in [0.2, 0.25) is 0 Å². The fourth-order valence-electron chi connectivity index (χ4n) is 2.32. The Morgan fingerprint density at radius 2 is 2.00 bits per heavy atom. The molecule has 0 spiro atoms. The highest BCUT2D eigenvalue weighted by Crippen LogP contribution is 2.18. The standard InChI is InChI=1S/C16H27FN2/c1-5-13(4)16(18-6-2)12-19(7-3)15-10-8-9-14(17)11-15/h8-11,13,16,18H,5-7,12H2,1-4H3. The molecule has 1 aromatic carbocycles. The Kier molecular flexibility index (Phi) is 6.85. The Balaban J connectivity index is 2.78. The third kappa shape index (κ3) is 4.83. The van der Waals surface area contributed by atoms with Crippen LogP contribution in [0.1, 0.15) is 34.1 Å². The number of benzene rings is 1. The topological polar surface area (TPSA) is 15.3 Å². The molecule has 3 heteroatoms. The molecule has 0 aliphatic carbocycles. The molecule has 19 heavy (non-hydrogen) atoms. The van der Waals surface area contributed by atoms with E-state index in [1.54, 1.807) is 12.1 Å². The van der Waals surface area contributed by atoms with E-state index in [0.717, 1.165) is 31.7 Å². The smallest absolute Gasteiger partial charge is 0.125 e. The van der Waals surface area contributed by atoms with Gasteiger partial charge >= 0.3 is 0 Å². The summed E-state index contributed by atoms with van der Waals surface area (Å²) in [4.78, 5) is 2.24. The molecule has 0 radical (unpaired) electrons. The summed E-state index contributed by atoms with van der Waals surface area (Å²) < 4.78 is 13.3. The van der Waals surface area contributed by atoms with Crippen LogP contribution in [0.3, 0.4) is 0 Å². The lowest BCUT2D eigenvalue weighted by molar-refractivity contribution is 0.373. The third-order valence-electron chi connectivity index (χ3n) is 3.77. The molecule has 1 N–H and O–H groups in total. The van der Waals surface area contributed by atoms with Crippen molar-refractivity contribution in [2.24, 2.45) is 5.92 Å². The maximum Gasteiger partial charge on any atom is 0.125 e. The first-order chi connectivity index (χ1) is 9.12. The first kappa shape index (κ1) is 16.0. The minimum absolute atomic E-state index is 0.167. The zero-order chi connectivity index (χ0) is 14.3. The molecule has 2 atom stereocenters. The number of halogens is 1. The van der Waals surface area contributed by atoms with Crippen molar-refractivity contribution in [3.8, 4) is 0 Å². The van der Waals surface area contributed by atoms with Crippen LogP contribution in [0.4, 0.5) is 10.1 Å². The minimum Gasteiger partial charge on any atom is -0.370 e. The first-order valence-electron chi connectivity index (χ1n) is 7.36. The van der Waals surface area contributed by atoms with Crippen LogP contribution < -0.4 is 10.2 Å². The molecule has 0 heterocycles. The molecule has 0 bridgehead atoms. The molecule has 108 valence electrons. The molecule has 0 aliphatic rings. The summed E-state index contributed by atoms with van der Waals surface area (Å²) >= 11 is 0. The normalized spacial score (nSPS) is 14.2. The summed E-state index contributed by atoms with van der Waals surface area (Å²) in [5.41, 5.74) is 0.966. The lowest BCUT2D eigenvalue weighted by Crippen LogP contribution is -2.45. The van der Waals surface area contributed by atoms with Gasteiger partial charge in [-0.3, -0.25) is 0 Å². The largest absolute Gasteiger partial charge is 0.370 e. The predicted octanol–water partition coefficient (Wildman–Crippen LogP) is 3.68. The van der Waals surface area contributed by atoms with Gasteiger partial charge in [0.05, 0.1) is 0 Å². The number of hydrogen-bond donors (Lipinski definition) is 1. The first-order valence-corrected chi connectivity index (χ1v) is 7.36. The van der Waals surface area contributed by atoms with Crippen molar-refractivity contribution in [2.45, 2.75) is 40.2 Å². The molecular weight excluding hydrogens is 239 g/mol. The Morgan fingerprint density at radius 1 is 1.26 bits per heavy atom. The second-order valence-corrected chi connectivity index (χ2v) is 5.07. The van der Waals surface area contributed by atoms with Crippen LogP contribution >= 0.6 is 0 Å². The summed E-state index contributed by atoms with van der Waals surface area (Å²) in [5, 5.41) is 3.55. The predicted molar refractivity (Wildman–Crippen MR) is 81.2 cm³/mol. The van der Waals surface area contributed by atoms with Crippen LogP contribution in [0.15, 0.2) is 24.3 Å². The number of rotatable bonds is 8. The molecule has 0 aromatic heterocycles. The van der Waals surface area contributed by atoms with Gasteiger partial charge in [-0.1, -0.05) is 33.3 Å². The number of nitrogens with one attached hydrogen (secondary N) is 1. The second kappa shape index (κ2) is 8.16. The fraction of sp³-hybridized carbons (Fsp3) is 0.625. The average Bonchev–Trinajstić information content (AvgIpc) is 2.42. The Labute approximate surface area is 117 Å². The highest BCUT2D eigenvalue weighted by atomic mass is 19.1. The highest BCUT2D eigenvalue weighted by molar-refractivity contribution is 5.46. The van der Waals surface area contributed by atoms with Crippen molar-refractivity contribution in [3.05, 3.63) is 30.1 Å². The molecule has 0 saturated heterocycles. The zero-order valence-corrected chi connectivity index (χ0v) is 12.6. The summed E-state index contributed by atoms with van der Waals surface area (Å²) in [6.07, 6.45) is 1.15. The van der Waals surface area contributed by atoms with E-state index in [-0.39, 0.29) is 5.82 Å². The lowest BCUT2D eigenvalue weighted by atomic mass is 9.98. The van der Waals surface area contributed by atoms with Gasteiger partial charge in [-0.05, 0) is 37.6 Å². The van der Waals surface area contributed by atoms with Crippen LogP contribution in [0.25, 0.3) is 0 Å². The number of hydrogen-bond acceptors (Lipinski definition) is 2. The van der Waals surface area contributed by atoms with Gasteiger partial charge in [0, 0.05) is 24.8 Å². The van der Waals surface area contributed by atoms with Crippen LogP contribution in [0.2, 0.25) is 0 Å². The third-order valence-corrected chi connectivity index (χ3v) is 3.77. The van der Waals surface area contributed by atoms with Crippen molar-refractivity contribution in [3.63, 3.8) is 0 Å². The zero-order valence-electron chi connectivity index (χ0n) is 12.6. The van der Waals surface area contributed by atoms with Gasteiger partial charge in [0.25, 0.3) is 0 Å². The maximum atomic E-state index is 13.3. The van der Waals surface area contributed by atoms with E-state index in [1.165, 1.54) is 6.07 Å². The Bertz CT molecular complexity index is 368. The van der Waals surface area contributed by atoms with Crippen molar-refractivity contribution in [1.82, 2.24) is 5.32 Å². The Morgan fingerprint density at radius 3 is 2.53 bits per heavy atom. The Hall–Kier alpha value is -1.09. The molecule has 1 rings (SSSR count). The monoisotopic (exact) mass is 266 g/mol. The van der Waals surface area contributed by atoms with E-state index in [2.05, 4.69) is 37.9 Å². The molecule has 2 nitrogen and oxygen atoms in total. The van der Waals surface area contributed by atoms with Crippen LogP contribution in [-0.4, -0.2) is 25.7 Å². The molecular formula is C16H27FN2. The highest BCUT2D eigenvalue weighted by Gasteiger charge is 2.18. The van der Waals surface area contributed by atoms with Gasteiger partial charge in [-0.25, -0.2) is 4.39 Å². The molecule has 0 fully saturated rings. The van der Waals surface area contributed by atoms with Gasteiger partial charge in [0.15, 0.2) is 0 Å². The van der Waals surface area contributed by atoms with E-state index < -0.39 is 0 Å². The van der Waals surface area contributed by atoms with Crippen LogP contribution in [0.5, 0.6) is 0 Å². The molecule has 0 aliphatic heterocycles. The van der Waals surface area contributed by atoms with E-state index in [4.69, 9.17) is 0 Å².